The van der Waals surface area contributed by atoms with E-state index in [-0.39, 0.29) is 29.1 Å². The summed E-state index contributed by atoms with van der Waals surface area (Å²) < 4.78 is 40.1. The third kappa shape index (κ3) is 7.25. The summed E-state index contributed by atoms with van der Waals surface area (Å²) in [5.74, 6) is -0.141. The van der Waals surface area contributed by atoms with Crippen molar-refractivity contribution < 1.29 is 27.5 Å². The first-order valence-electron chi connectivity index (χ1n) is 13.0. The Morgan fingerprint density at radius 1 is 0.902 bits per heavy atom. The Morgan fingerprint density at radius 3 is 2.24 bits per heavy atom. The topological polar surface area (TPSA) is 105 Å². The van der Waals surface area contributed by atoms with Crippen LogP contribution in [0.4, 0.5) is 5.69 Å². The minimum absolute atomic E-state index is 0.00400. The van der Waals surface area contributed by atoms with E-state index in [1.54, 1.807) is 55.5 Å². The van der Waals surface area contributed by atoms with E-state index in [4.69, 9.17) is 32.7 Å². The lowest BCUT2D eigenvalue weighted by molar-refractivity contribution is -0.139. The first-order valence-corrected chi connectivity index (χ1v) is 15.2. The summed E-state index contributed by atoms with van der Waals surface area (Å²) >= 11 is 12.3. The zero-order valence-electron chi connectivity index (χ0n) is 22.8. The van der Waals surface area contributed by atoms with Crippen LogP contribution in [0, 0.1) is 0 Å². The van der Waals surface area contributed by atoms with Gasteiger partial charge < -0.3 is 19.7 Å². The summed E-state index contributed by atoms with van der Waals surface area (Å²) in [6, 6.07) is 16.3. The van der Waals surface area contributed by atoms with Crippen LogP contribution < -0.4 is 19.1 Å². The molecule has 9 nitrogen and oxygen atoms in total. The van der Waals surface area contributed by atoms with Crippen molar-refractivity contribution in [3.05, 3.63) is 82.3 Å². The second kappa shape index (κ2) is 13.0. The highest BCUT2D eigenvalue weighted by Crippen LogP contribution is 2.36. The third-order valence-corrected chi connectivity index (χ3v) is 8.89. The van der Waals surface area contributed by atoms with Gasteiger partial charge in [0.25, 0.3) is 10.0 Å². The van der Waals surface area contributed by atoms with Gasteiger partial charge in [-0.1, -0.05) is 47.5 Å². The van der Waals surface area contributed by atoms with Gasteiger partial charge in [-0.15, -0.1) is 0 Å². The molecule has 0 aromatic heterocycles. The monoisotopic (exact) mass is 619 g/mol. The molecule has 0 bridgehead atoms. The maximum Gasteiger partial charge on any atom is 0.264 e. The van der Waals surface area contributed by atoms with Crippen molar-refractivity contribution in [2.24, 2.45) is 0 Å². The molecular formula is C29H31Cl2N3O6S. The first kappa shape index (κ1) is 30.5. The molecule has 0 unspecified atom stereocenters. The van der Waals surface area contributed by atoms with Crippen LogP contribution in [0.15, 0.2) is 71.6 Å². The van der Waals surface area contributed by atoms with E-state index in [0.29, 0.717) is 40.3 Å². The van der Waals surface area contributed by atoms with Crippen molar-refractivity contribution in [1.29, 1.82) is 0 Å². The number of hydrogen-bond donors (Lipinski definition) is 1. The summed E-state index contributed by atoms with van der Waals surface area (Å²) in [6.07, 6.45) is 0. The highest BCUT2D eigenvalue weighted by molar-refractivity contribution is 7.92. The summed E-state index contributed by atoms with van der Waals surface area (Å²) in [4.78, 5) is 28.4. The van der Waals surface area contributed by atoms with E-state index in [9.17, 15) is 18.0 Å². The van der Waals surface area contributed by atoms with Crippen molar-refractivity contribution in [3.8, 4) is 11.5 Å². The second-order valence-corrected chi connectivity index (χ2v) is 12.4. The van der Waals surface area contributed by atoms with Gasteiger partial charge in [0, 0.05) is 18.7 Å². The molecule has 2 amide bonds. The fourth-order valence-electron chi connectivity index (χ4n) is 4.26. The predicted molar refractivity (Wildman–Crippen MR) is 158 cm³/mol. The van der Waals surface area contributed by atoms with Crippen LogP contribution in [-0.2, 0) is 26.2 Å². The van der Waals surface area contributed by atoms with Crippen LogP contribution in [0.25, 0.3) is 0 Å². The highest BCUT2D eigenvalue weighted by Gasteiger charge is 2.33. The molecule has 3 aromatic rings. The van der Waals surface area contributed by atoms with E-state index in [2.05, 4.69) is 5.32 Å². The third-order valence-electron chi connectivity index (χ3n) is 6.36. The number of fused-ring (bicyclic) bond motifs is 1. The number of hydrogen-bond acceptors (Lipinski definition) is 6. The summed E-state index contributed by atoms with van der Waals surface area (Å²) in [7, 11) is -4.21. The Kier molecular flexibility index (Phi) is 9.68. The minimum atomic E-state index is -4.21. The molecule has 0 aliphatic carbocycles. The quantitative estimate of drug-likeness (QED) is 0.346. The average molecular weight is 621 g/mol. The van der Waals surface area contributed by atoms with Crippen molar-refractivity contribution >= 4 is 50.7 Å². The molecule has 1 heterocycles. The van der Waals surface area contributed by atoms with Gasteiger partial charge in [-0.2, -0.15) is 0 Å². The van der Waals surface area contributed by atoms with Crippen LogP contribution in [0.2, 0.25) is 10.0 Å². The van der Waals surface area contributed by atoms with Crippen molar-refractivity contribution in [1.82, 2.24) is 10.2 Å². The SMILES string of the molecule is CC(C)NC(=O)[C@@H](C)N(Cc1ccc(Cl)c(Cl)c1)C(=O)CN(c1ccc2c(c1)OCCO2)S(=O)(=O)c1ccccc1. The Bertz CT molecular complexity index is 1520. The number of rotatable bonds is 10. The van der Waals surface area contributed by atoms with E-state index < -0.39 is 28.5 Å². The van der Waals surface area contributed by atoms with Gasteiger partial charge in [0.1, 0.15) is 25.8 Å². The molecule has 1 N–H and O–H groups in total. The van der Waals surface area contributed by atoms with Gasteiger partial charge in [0.05, 0.1) is 20.6 Å². The molecule has 0 fully saturated rings. The van der Waals surface area contributed by atoms with Gasteiger partial charge in [-0.3, -0.25) is 13.9 Å². The first-order chi connectivity index (χ1) is 19.5. The van der Waals surface area contributed by atoms with Crippen LogP contribution in [0.3, 0.4) is 0 Å². The molecular weight excluding hydrogens is 589 g/mol. The van der Waals surface area contributed by atoms with Crippen LogP contribution >= 0.6 is 23.2 Å². The van der Waals surface area contributed by atoms with Gasteiger partial charge in [-0.25, -0.2) is 8.42 Å². The van der Waals surface area contributed by atoms with Gasteiger partial charge in [0.2, 0.25) is 11.8 Å². The molecule has 1 aliphatic rings. The molecule has 1 atom stereocenters. The molecule has 3 aromatic carbocycles. The minimum Gasteiger partial charge on any atom is -0.486 e. The number of halogens is 2. The predicted octanol–water partition coefficient (Wildman–Crippen LogP) is 4.90. The van der Waals surface area contributed by atoms with E-state index in [0.717, 1.165) is 4.31 Å². The van der Waals surface area contributed by atoms with Gasteiger partial charge in [-0.05, 0) is 62.7 Å². The number of anilines is 1. The lowest BCUT2D eigenvalue weighted by atomic mass is 10.1. The van der Waals surface area contributed by atoms with Gasteiger partial charge >= 0.3 is 0 Å². The lowest BCUT2D eigenvalue weighted by Crippen LogP contribution is -2.52. The molecule has 0 spiro atoms. The number of nitrogens with one attached hydrogen (secondary N) is 1. The molecule has 1 aliphatic heterocycles. The molecule has 0 saturated carbocycles. The van der Waals surface area contributed by atoms with E-state index in [1.165, 1.54) is 23.1 Å². The molecule has 41 heavy (non-hydrogen) atoms. The maximum absolute atomic E-state index is 14.0. The van der Waals surface area contributed by atoms with Crippen molar-refractivity contribution in [3.63, 3.8) is 0 Å². The van der Waals surface area contributed by atoms with Gasteiger partial charge in [0.15, 0.2) is 11.5 Å². The van der Waals surface area contributed by atoms with E-state index in [1.807, 2.05) is 13.8 Å². The smallest absolute Gasteiger partial charge is 0.264 e. The fraction of sp³-hybridized carbons (Fsp3) is 0.310. The van der Waals surface area contributed by atoms with Crippen LogP contribution in [0.5, 0.6) is 11.5 Å². The number of benzene rings is 3. The highest BCUT2D eigenvalue weighted by atomic mass is 35.5. The maximum atomic E-state index is 14.0. The number of sulfonamides is 1. The largest absolute Gasteiger partial charge is 0.486 e. The average Bonchev–Trinajstić information content (AvgIpc) is 2.95. The Balaban J connectivity index is 1.74. The number of carbonyl (C=O) groups is 2. The van der Waals surface area contributed by atoms with Crippen LogP contribution in [0.1, 0.15) is 26.3 Å². The Labute approximate surface area is 250 Å². The number of amides is 2. The molecule has 4 rings (SSSR count). The zero-order valence-corrected chi connectivity index (χ0v) is 25.2. The van der Waals surface area contributed by atoms with Crippen molar-refractivity contribution in [2.75, 3.05) is 24.1 Å². The Hall–Kier alpha value is -3.47. The second-order valence-electron chi connectivity index (χ2n) is 9.76. The van der Waals surface area contributed by atoms with Crippen molar-refractivity contribution in [2.45, 2.75) is 44.3 Å². The van der Waals surface area contributed by atoms with Crippen LogP contribution in [-0.4, -0.2) is 57.0 Å². The number of ether oxygens (including phenoxy) is 2. The summed E-state index contributed by atoms with van der Waals surface area (Å²) in [5, 5.41) is 3.45. The normalized spacial score (nSPS) is 13.4. The summed E-state index contributed by atoms with van der Waals surface area (Å²) in [5.41, 5.74) is 0.828. The van der Waals surface area contributed by atoms with E-state index >= 15 is 0 Å². The lowest BCUT2D eigenvalue weighted by Gasteiger charge is -2.32. The number of carbonyl (C=O) groups excluding carboxylic acids is 2. The fourth-order valence-corrected chi connectivity index (χ4v) is 6.01. The summed E-state index contributed by atoms with van der Waals surface area (Å²) in [6.45, 7) is 5.29. The molecule has 0 saturated heterocycles. The molecule has 218 valence electrons. The molecule has 12 heteroatoms. The standard InChI is InChI=1S/C29H31Cl2N3O6S/c1-19(2)32-29(36)20(3)33(17-21-9-11-24(30)25(31)15-21)28(35)18-34(41(37,38)23-7-5-4-6-8-23)22-10-12-26-27(16-22)40-14-13-39-26/h4-12,15-16,19-20H,13-14,17-18H2,1-3H3,(H,32,36)/t20-/m1/s1. The Morgan fingerprint density at radius 2 is 1.59 bits per heavy atom. The zero-order chi connectivity index (χ0) is 29.7. The molecule has 0 radical (unpaired) electrons. The number of nitrogens with zero attached hydrogens (tertiary/aromatic N) is 2.